The minimum atomic E-state index is -0.0191. The van der Waals surface area contributed by atoms with Gasteiger partial charge in [-0.05, 0) is 53.9 Å². The fourth-order valence-electron chi connectivity index (χ4n) is 4.76. The molecule has 0 spiro atoms. The molecule has 36 heavy (non-hydrogen) atoms. The monoisotopic (exact) mass is 484 g/mol. The lowest BCUT2D eigenvalue weighted by Crippen LogP contribution is -2.35. The van der Waals surface area contributed by atoms with Gasteiger partial charge in [-0.2, -0.15) is 0 Å². The van der Waals surface area contributed by atoms with Crippen LogP contribution in [0.15, 0.2) is 72.8 Å². The first-order valence-corrected chi connectivity index (χ1v) is 12.5. The fourth-order valence-corrected chi connectivity index (χ4v) is 4.76. The molecule has 1 amide bonds. The van der Waals surface area contributed by atoms with E-state index in [-0.39, 0.29) is 5.91 Å². The Balaban J connectivity index is 1.44. The van der Waals surface area contributed by atoms with Crippen molar-refractivity contribution in [3.8, 4) is 11.5 Å². The predicted octanol–water partition coefficient (Wildman–Crippen LogP) is 5.22. The van der Waals surface area contributed by atoms with Gasteiger partial charge in [-0.15, -0.1) is 0 Å². The van der Waals surface area contributed by atoms with Crippen LogP contribution in [0.4, 0.5) is 0 Å². The van der Waals surface area contributed by atoms with Gasteiger partial charge in [0.2, 0.25) is 0 Å². The number of fused-ring (bicyclic) bond motifs is 4. The molecule has 0 atom stereocenters. The summed E-state index contributed by atoms with van der Waals surface area (Å²) in [7, 11) is 1.94. The number of benzene rings is 3. The largest absolute Gasteiger partial charge is 0.494 e. The Kier molecular flexibility index (Phi) is 7.23. The second-order valence-electron chi connectivity index (χ2n) is 9.03. The summed E-state index contributed by atoms with van der Waals surface area (Å²) in [5.74, 6) is 1.68. The number of hydrogen-bond donors (Lipinski definition) is 0. The van der Waals surface area contributed by atoms with E-state index in [9.17, 15) is 4.79 Å². The van der Waals surface area contributed by atoms with Crippen LogP contribution in [0.1, 0.15) is 34.1 Å². The highest BCUT2D eigenvalue weighted by atomic mass is 16.5. The smallest absolute Gasteiger partial charge is 0.270 e. The number of carbonyl (C=O) groups is 1. The maximum Gasteiger partial charge on any atom is 0.270 e. The van der Waals surface area contributed by atoms with E-state index in [2.05, 4.69) is 30.3 Å². The van der Waals surface area contributed by atoms with Gasteiger partial charge in [0.25, 0.3) is 5.91 Å². The summed E-state index contributed by atoms with van der Waals surface area (Å²) in [6, 6.07) is 24.5. The van der Waals surface area contributed by atoms with Gasteiger partial charge in [0.1, 0.15) is 23.8 Å². The summed E-state index contributed by atoms with van der Waals surface area (Å²) in [6.45, 7) is 4.95. The third-order valence-electron chi connectivity index (χ3n) is 6.55. The molecule has 4 aromatic rings. The van der Waals surface area contributed by atoms with E-state index < -0.39 is 0 Å². The highest BCUT2D eigenvalue weighted by Crippen LogP contribution is 2.26. The Morgan fingerprint density at radius 1 is 0.944 bits per heavy atom. The van der Waals surface area contributed by atoms with Crippen molar-refractivity contribution in [1.29, 1.82) is 0 Å². The summed E-state index contributed by atoms with van der Waals surface area (Å²) in [4.78, 5) is 15.7. The zero-order valence-corrected chi connectivity index (χ0v) is 20.9. The Labute approximate surface area is 212 Å². The molecule has 0 aliphatic carbocycles. The van der Waals surface area contributed by atoms with E-state index >= 15 is 0 Å². The second kappa shape index (κ2) is 10.9. The zero-order chi connectivity index (χ0) is 24.9. The van der Waals surface area contributed by atoms with Crippen molar-refractivity contribution in [3.63, 3.8) is 0 Å². The lowest BCUT2D eigenvalue weighted by atomic mass is 10.0. The second-order valence-corrected chi connectivity index (χ2v) is 9.03. The molecule has 0 N–H and O–H groups in total. The number of ether oxygens (including phenoxy) is 3. The summed E-state index contributed by atoms with van der Waals surface area (Å²) in [5, 5.41) is 0.989. The Morgan fingerprint density at radius 3 is 2.69 bits per heavy atom. The number of amides is 1. The molecule has 6 heteroatoms. The molecule has 0 fully saturated rings. The molecule has 1 aliphatic heterocycles. The number of aryl methyl sites for hydroxylation is 1. The van der Waals surface area contributed by atoms with E-state index in [4.69, 9.17) is 14.2 Å². The lowest BCUT2D eigenvalue weighted by Gasteiger charge is -2.24. The first-order chi connectivity index (χ1) is 17.6. The van der Waals surface area contributed by atoms with Crippen LogP contribution in [-0.2, 0) is 24.8 Å². The average Bonchev–Trinajstić information content (AvgIpc) is 3.21. The standard InChI is InChI=1S/C30H32N2O4/c1-3-35-26-11-12-27-25(19-26)20-28(31(27)2)30(33)32-13-14-34-15-16-36-29-10-5-4-9-24(29)18-22-7-6-8-23(17-22)21-32/h4-12,17,19-20H,3,13-16,18,21H2,1-2H3. The van der Waals surface area contributed by atoms with Gasteiger partial charge in [-0.25, -0.2) is 0 Å². The number of para-hydroxylation sites is 1. The molecule has 1 aromatic heterocycles. The number of carbonyl (C=O) groups excluding carboxylic acids is 1. The highest BCUT2D eigenvalue weighted by Gasteiger charge is 2.21. The molecule has 3 aromatic carbocycles. The van der Waals surface area contributed by atoms with Crippen molar-refractivity contribution in [3.05, 3.63) is 95.2 Å². The van der Waals surface area contributed by atoms with Gasteiger partial charge >= 0.3 is 0 Å². The van der Waals surface area contributed by atoms with Crippen molar-refractivity contribution >= 4 is 16.8 Å². The molecule has 6 nitrogen and oxygen atoms in total. The zero-order valence-electron chi connectivity index (χ0n) is 20.9. The normalized spacial score (nSPS) is 14.6. The molecule has 186 valence electrons. The van der Waals surface area contributed by atoms with Crippen molar-refractivity contribution in [2.75, 3.05) is 33.0 Å². The molecule has 0 unspecified atom stereocenters. The molecule has 2 bridgehead atoms. The van der Waals surface area contributed by atoms with E-state index in [0.717, 1.165) is 39.9 Å². The Morgan fingerprint density at radius 2 is 1.81 bits per heavy atom. The first-order valence-electron chi connectivity index (χ1n) is 12.5. The van der Waals surface area contributed by atoms with Crippen molar-refractivity contribution in [2.45, 2.75) is 19.9 Å². The molecular weight excluding hydrogens is 452 g/mol. The maximum absolute atomic E-state index is 13.8. The van der Waals surface area contributed by atoms with E-state index in [0.29, 0.717) is 45.2 Å². The van der Waals surface area contributed by atoms with Crippen LogP contribution in [0.3, 0.4) is 0 Å². The minimum Gasteiger partial charge on any atom is -0.494 e. The summed E-state index contributed by atoms with van der Waals surface area (Å²) in [5.41, 5.74) is 5.07. The fraction of sp³-hybridized carbons (Fsp3) is 0.300. The van der Waals surface area contributed by atoms with Crippen LogP contribution in [-0.4, -0.2) is 48.3 Å². The SMILES string of the molecule is CCOc1ccc2c(c1)cc(C(=O)N1CCOCCOc3ccccc3Cc3cccc(c3)C1)n2C. The van der Waals surface area contributed by atoms with Crippen molar-refractivity contribution in [2.24, 2.45) is 7.05 Å². The Hall–Kier alpha value is -3.77. The van der Waals surface area contributed by atoms with E-state index in [1.165, 1.54) is 5.56 Å². The summed E-state index contributed by atoms with van der Waals surface area (Å²) in [6.07, 6.45) is 0.768. The molecule has 0 radical (unpaired) electrons. The van der Waals surface area contributed by atoms with E-state index in [1.54, 1.807) is 0 Å². The van der Waals surface area contributed by atoms with Gasteiger partial charge in [0.05, 0.1) is 19.8 Å². The quantitative estimate of drug-likeness (QED) is 0.400. The summed E-state index contributed by atoms with van der Waals surface area (Å²) < 4.78 is 19.5. The molecule has 0 saturated carbocycles. The molecule has 0 saturated heterocycles. The third kappa shape index (κ3) is 5.24. The Bertz CT molecular complexity index is 1360. The number of nitrogens with zero attached hydrogens (tertiary/aromatic N) is 2. The number of hydrogen-bond acceptors (Lipinski definition) is 4. The van der Waals surface area contributed by atoms with Gasteiger partial charge in [0, 0.05) is 37.5 Å². The van der Waals surface area contributed by atoms with Gasteiger partial charge in [-0.1, -0.05) is 42.5 Å². The van der Waals surface area contributed by atoms with Crippen LogP contribution in [0, 0.1) is 0 Å². The van der Waals surface area contributed by atoms with E-state index in [1.807, 2.05) is 65.9 Å². The number of rotatable bonds is 3. The van der Waals surface area contributed by atoms with Gasteiger partial charge in [0.15, 0.2) is 0 Å². The van der Waals surface area contributed by atoms with Crippen LogP contribution in [0.2, 0.25) is 0 Å². The van der Waals surface area contributed by atoms with Gasteiger partial charge in [-0.3, -0.25) is 4.79 Å². The maximum atomic E-state index is 13.8. The molecule has 2 heterocycles. The molecule has 1 aliphatic rings. The topological polar surface area (TPSA) is 52.9 Å². The van der Waals surface area contributed by atoms with Crippen LogP contribution in [0.25, 0.3) is 10.9 Å². The van der Waals surface area contributed by atoms with Gasteiger partial charge < -0.3 is 23.7 Å². The third-order valence-corrected chi connectivity index (χ3v) is 6.55. The minimum absolute atomic E-state index is 0.0191. The molecule has 5 rings (SSSR count). The van der Waals surface area contributed by atoms with Crippen molar-refractivity contribution in [1.82, 2.24) is 9.47 Å². The number of aromatic nitrogens is 1. The summed E-state index contributed by atoms with van der Waals surface area (Å²) >= 11 is 0. The first kappa shape index (κ1) is 23.9. The highest BCUT2D eigenvalue weighted by molar-refractivity contribution is 5.99. The lowest BCUT2D eigenvalue weighted by molar-refractivity contribution is 0.0564. The van der Waals surface area contributed by atoms with Crippen LogP contribution in [0.5, 0.6) is 11.5 Å². The molecular formula is C30H32N2O4. The predicted molar refractivity (Wildman–Crippen MR) is 141 cm³/mol. The van der Waals surface area contributed by atoms with Crippen molar-refractivity contribution < 1.29 is 19.0 Å². The van der Waals surface area contributed by atoms with Crippen LogP contribution >= 0.6 is 0 Å². The average molecular weight is 485 g/mol. The van der Waals surface area contributed by atoms with Crippen LogP contribution < -0.4 is 9.47 Å².